The predicted molar refractivity (Wildman–Crippen MR) is 118 cm³/mol. The van der Waals surface area contributed by atoms with E-state index in [0.717, 1.165) is 0 Å². The average molecular weight is 451 g/mol. The molecule has 11 heteroatoms. The van der Waals surface area contributed by atoms with Gasteiger partial charge in [0.1, 0.15) is 23.1 Å². The quantitative estimate of drug-likeness (QED) is 0.315. The van der Waals surface area contributed by atoms with Crippen LogP contribution in [0, 0.1) is 0 Å². The number of aromatic amines is 2. The number of carbonyl (C=O) groups is 1. The molecule has 11 nitrogen and oxygen atoms in total. The van der Waals surface area contributed by atoms with Crippen molar-refractivity contribution in [3.63, 3.8) is 0 Å². The van der Waals surface area contributed by atoms with E-state index in [1.54, 1.807) is 31.2 Å². The van der Waals surface area contributed by atoms with Gasteiger partial charge >= 0.3 is 5.97 Å². The molecule has 0 saturated heterocycles. The number of benzene rings is 2. The normalized spacial score (nSPS) is 11.9. The molecule has 0 radical (unpaired) electrons. The van der Waals surface area contributed by atoms with Crippen LogP contribution >= 0.6 is 0 Å². The van der Waals surface area contributed by atoms with Gasteiger partial charge in [-0.25, -0.2) is 14.9 Å². The Balaban J connectivity index is 1.76. The minimum atomic E-state index is -1.09. The maximum absolute atomic E-state index is 12.3. The Hall–Kier alpha value is -4.41. The van der Waals surface area contributed by atoms with Crippen molar-refractivity contribution in [1.82, 2.24) is 25.4 Å². The molecule has 0 aliphatic rings. The number of nitrogens with one attached hydrogen (secondary N) is 2. The van der Waals surface area contributed by atoms with Crippen molar-refractivity contribution >= 4 is 17.1 Å². The number of H-pyrrole nitrogens is 2. The molecular formula is C22H21N5O6. The topological polar surface area (TPSA) is 163 Å². The van der Waals surface area contributed by atoms with Crippen LogP contribution in [-0.4, -0.2) is 54.3 Å². The zero-order valence-corrected chi connectivity index (χ0v) is 17.8. The summed E-state index contributed by atoms with van der Waals surface area (Å²) in [5.41, 5.74) is 1.73. The maximum atomic E-state index is 12.3. The minimum absolute atomic E-state index is 0.0760. The second-order valence-corrected chi connectivity index (χ2v) is 7.14. The van der Waals surface area contributed by atoms with Crippen LogP contribution in [0.2, 0.25) is 0 Å². The van der Waals surface area contributed by atoms with Gasteiger partial charge in [-0.05, 0) is 48.7 Å². The highest BCUT2D eigenvalue weighted by Gasteiger charge is 2.18. The summed E-state index contributed by atoms with van der Waals surface area (Å²) in [6.45, 7) is 3.88. The van der Waals surface area contributed by atoms with E-state index in [4.69, 9.17) is 9.47 Å². The third kappa shape index (κ3) is 4.47. The van der Waals surface area contributed by atoms with Gasteiger partial charge in [-0.15, -0.1) is 5.10 Å². The van der Waals surface area contributed by atoms with Crippen molar-refractivity contribution in [2.24, 2.45) is 0 Å². The summed E-state index contributed by atoms with van der Waals surface area (Å²) >= 11 is 0. The van der Waals surface area contributed by atoms with Crippen molar-refractivity contribution in [1.29, 1.82) is 0 Å². The number of nitrogens with zero attached hydrogens (tertiary/aromatic N) is 3. The van der Waals surface area contributed by atoms with Gasteiger partial charge in [-0.3, -0.25) is 4.79 Å². The van der Waals surface area contributed by atoms with E-state index in [9.17, 15) is 19.8 Å². The van der Waals surface area contributed by atoms with Gasteiger partial charge in [0, 0.05) is 6.07 Å². The van der Waals surface area contributed by atoms with Gasteiger partial charge in [-0.2, -0.15) is 0 Å². The van der Waals surface area contributed by atoms with Crippen LogP contribution in [-0.2, 0) is 4.79 Å². The number of carboxylic acids is 1. The van der Waals surface area contributed by atoms with E-state index in [1.165, 1.54) is 12.1 Å². The Kier molecular flexibility index (Phi) is 5.94. The van der Waals surface area contributed by atoms with E-state index >= 15 is 0 Å². The molecule has 0 fully saturated rings. The third-order valence-corrected chi connectivity index (χ3v) is 4.89. The Morgan fingerprint density at radius 2 is 1.97 bits per heavy atom. The minimum Gasteiger partial charge on any atom is -0.508 e. The highest BCUT2D eigenvalue weighted by molar-refractivity contribution is 5.77. The van der Waals surface area contributed by atoms with Gasteiger partial charge in [0.2, 0.25) is 0 Å². The molecular weight excluding hydrogens is 430 g/mol. The number of phenolic OH excluding ortho intramolecular Hbond substituents is 1. The van der Waals surface area contributed by atoms with Crippen LogP contribution < -0.4 is 15.0 Å². The molecule has 2 heterocycles. The van der Waals surface area contributed by atoms with E-state index < -0.39 is 17.6 Å². The highest BCUT2D eigenvalue weighted by atomic mass is 16.5. The van der Waals surface area contributed by atoms with E-state index in [0.29, 0.717) is 29.0 Å². The molecule has 1 atom stereocenters. The Morgan fingerprint density at radius 3 is 2.70 bits per heavy atom. The zero-order valence-electron chi connectivity index (χ0n) is 17.8. The second kappa shape index (κ2) is 8.99. The van der Waals surface area contributed by atoms with Crippen LogP contribution in [0.15, 0.2) is 41.2 Å². The molecule has 2 aromatic carbocycles. The molecule has 0 bridgehead atoms. The van der Waals surface area contributed by atoms with Gasteiger partial charge in [0.05, 0.1) is 12.2 Å². The molecule has 0 aliphatic carbocycles. The van der Waals surface area contributed by atoms with Gasteiger partial charge in [0.25, 0.3) is 5.56 Å². The van der Waals surface area contributed by atoms with Crippen molar-refractivity contribution < 1.29 is 24.5 Å². The standard InChI is InChI=1S/C22H21N5O6/c1-3-16(22(30)31)33-14-8-12(7-13(28)10-14)11-5-6-15(17(9-11)32-4-2)19-23-20-18(21(29)24-19)25-27-26-20/h5-10,16,28H,3-4H2,1-2H3,(H,30,31)(H2,23,24,25,26,27,29)/t16-/m1/s1. The number of hydrogen-bond acceptors (Lipinski definition) is 8. The van der Waals surface area contributed by atoms with Crippen molar-refractivity contribution in [3.05, 3.63) is 46.8 Å². The summed E-state index contributed by atoms with van der Waals surface area (Å²) in [4.78, 5) is 30.6. The predicted octanol–water partition coefficient (Wildman–Crippen LogP) is 2.72. The highest BCUT2D eigenvalue weighted by Crippen LogP contribution is 2.36. The van der Waals surface area contributed by atoms with Crippen LogP contribution in [0.4, 0.5) is 0 Å². The summed E-state index contributed by atoms with van der Waals surface area (Å²) in [5, 5.41) is 29.3. The summed E-state index contributed by atoms with van der Waals surface area (Å²) in [7, 11) is 0. The molecule has 4 aromatic rings. The lowest BCUT2D eigenvalue weighted by Gasteiger charge is -2.15. The van der Waals surface area contributed by atoms with Gasteiger partial charge < -0.3 is 24.7 Å². The number of aromatic hydroxyl groups is 1. The smallest absolute Gasteiger partial charge is 0.344 e. The van der Waals surface area contributed by atoms with E-state index in [-0.39, 0.29) is 34.9 Å². The van der Waals surface area contributed by atoms with Gasteiger partial charge in [0.15, 0.2) is 17.3 Å². The fourth-order valence-corrected chi connectivity index (χ4v) is 3.35. The van der Waals surface area contributed by atoms with Crippen LogP contribution in [0.3, 0.4) is 0 Å². The number of aliphatic carboxylic acids is 1. The fraction of sp³-hybridized carbons (Fsp3) is 0.227. The Labute approximate surface area is 187 Å². The number of phenols is 1. The molecule has 0 aliphatic heterocycles. The summed E-state index contributed by atoms with van der Waals surface area (Å²) in [6, 6.07) is 9.75. The van der Waals surface area contributed by atoms with Crippen LogP contribution in [0.5, 0.6) is 17.2 Å². The molecule has 0 amide bonds. The monoisotopic (exact) mass is 451 g/mol. The number of rotatable bonds is 8. The first-order chi connectivity index (χ1) is 15.9. The lowest BCUT2D eigenvalue weighted by molar-refractivity contribution is -0.145. The van der Waals surface area contributed by atoms with E-state index in [2.05, 4.69) is 25.4 Å². The van der Waals surface area contributed by atoms with E-state index in [1.807, 2.05) is 6.92 Å². The van der Waals surface area contributed by atoms with Crippen LogP contribution in [0.1, 0.15) is 20.3 Å². The van der Waals surface area contributed by atoms with Crippen LogP contribution in [0.25, 0.3) is 33.7 Å². The SMILES string of the molecule is CCOc1cc(-c2cc(O)cc(O[C@H](CC)C(=O)O)c2)ccc1-c1nc2[nH]nnc2c(=O)[nH]1. The number of fused-ring (bicyclic) bond motifs is 1. The van der Waals surface area contributed by atoms with Crippen molar-refractivity contribution in [2.45, 2.75) is 26.4 Å². The second-order valence-electron chi connectivity index (χ2n) is 7.14. The number of ether oxygens (including phenoxy) is 2. The molecule has 0 saturated carbocycles. The lowest BCUT2D eigenvalue weighted by Crippen LogP contribution is -2.25. The molecule has 2 aromatic heterocycles. The first-order valence-electron chi connectivity index (χ1n) is 10.2. The molecule has 0 spiro atoms. The molecule has 4 rings (SSSR count). The van der Waals surface area contributed by atoms with Gasteiger partial charge in [-0.1, -0.05) is 18.2 Å². The number of carboxylic acid groups (broad SMARTS) is 1. The van der Waals surface area contributed by atoms with Crippen molar-refractivity contribution in [3.8, 4) is 39.8 Å². The number of hydrogen-bond donors (Lipinski definition) is 4. The fourth-order valence-electron chi connectivity index (χ4n) is 3.35. The first-order valence-corrected chi connectivity index (χ1v) is 10.2. The summed E-state index contributed by atoms with van der Waals surface area (Å²) < 4.78 is 11.3. The Morgan fingerprint density at radius 1 is 1.15 bits per heavy atom. The first kappa shape index (κ1) is 21.8. The summed E-state index contributed by atoms with van der Waals surface area (Å²) in [6.07, 6.45) is -0.763. The zero-order chi connectivity index (χ0) is 23.5. The number of aromatic nitrogens is 5. The average Bonchev–Trinajstić information content (AvgIpc) is 3.26. The third-order valence-electron chi connectivity index (χ3n) is 4.89. The molecule has 4 N–H and O–H groups in total. The lowest BCUT2D eigenvalue weighted by atomic mass is 10.0. The summed E-state index contributed by atoms with van der Waals surface area (Å²) in [5.74, 6) is -0.206. The maximum Gasteiger partial charge on any atom is 0.344 e. The molecule has 170 valence electrons. The molecule has 33 heavy (non-hydrogen) atoms. The van der Waals surface area contributed by atoms with Crippen molar-refractivity contribution in [2.75, 3.05) is 6.61 Å². The molecule has 0 unspecified atom stereocenters. The largest absolute Gasteiger partial charge is 0.508 e. The Bertz CT molecular complexity index is 1380.